The van der Waals surface area contributed by atoms with Crippen LogP contribution in [0.1, 0.15) is 24.1 Å². The van der Waals surface area contributed by atoms with Gasteiger partial charge in [-0.2, -0.15) is 0 Å². The molecule has 1 atom stereocenters. The molecule has 1 amide bonds. The molecule has 23 heavy (non-hydrogen) atoms. The number of hydrogen-bond acceptors (Lipinski definition) is 3. The van der Waals surface area contributed by atoms with E-state index in [1.165, 1.54) is 18.3 Å². The van der Waals surface area contributed by atoms with Gasteiger partial charge in [0.05, 0.1) is 12.3 Å². The molecule has 0 bridgehead atoms. The zero-order chi connectivity index (χ0) is 16.7. The van der Waals surface area contributed by atoms with E-state index in [0.717, 1.165) is 10.0 Å². The molecule has 6 heteroatoms. The molecule has 4 nitrogen and oxygen atoms in total. The van der Waals surface area contributed by atoms with Crippen LogP contribution < -0.4 is 5.32 Å². The van der Waals surface area contributed by atoms with Gasteiger partial charge in [-0.05, 0) is 36.2 Å². The smallest absolute Gasteiger partial charge is 0.261 e. The zero-order valence-electron chi connectivity index (χ0n) is 12.5. The Bertz CT molecular complexity index is 706. The quantitative estimate of drug-likeness (QED) is 0.613. The topological polar surface area (TPSA) is 50.7 Å². The van der Waals surface area contributed by atoms with E-state index < -0.39 is 0 Å². The lowest BCUT2D eigenvalue weighted by Crippen LogP contribution is -2.29. The van der Waals surface area contributed by atoms with E-state index in [1.807, 2.05) is 31.2 Å². The molecule has 0 aliphatic rings. The Hall–Kier alpha value is -2.21. The van der Waals surface area contributed by atoms with Crippen molar-refractivity contribution in [3.05, 3.63) is 69.9 Å². The number of carbonyl (C=O) groups is 1. The van der Waals surface area contributed by atoms with Crippen LogP contribution in [0.3, 0.4) is 0 Å². The molecule has 2 rings (SSSR count). The molecule has 0 spiro atoms. The zero-order valence-corrected chi connectivity index (χ0v) is 14.1. The van der Waals surface area contributed by atoms with Crippen molar-refractivity contribution in [2.24, 2.45) is 5.16 Å². The van der Waals surface area contributed by atoms with E-state index in [1.54, 1.807) is 12.1 Å². The molecule has 120 valence electrons. The van der Waals surface area contributed by atoms with Crippen LogP contribution in [0.25, 0.3) is 0 Å². The van der Waals surface area contributed by atoms with Crippen LogP contribution in [-0.4, -0.2) is 18.7 Å². The first-order valence-corrected chi connectivity index (χ1v) is 7.80. The highest BCUT2D eigenvalue weighted by Gasteiger charge is 2.12. The molecule has 1 N–H and O–H groups in total. The van der Waals surface area contributed by atoms with Crippen LogP contribution in [0.2, 0.25) is 0 Å². The van der Waals surface area contributed by atoms with E-state index in [9.17, 15) is 9.18 Å². The summed E-state index contributed by atoms with van der Waals surface area (Å²) in [6.07, 6.45) is 1.35. The number of nitrogens with zero attached hydrogens (tertiary/aromatic N) is 1. The van der Waals surface area contributed by atoms with Gasteiger partial charge in [-0.3, -0.25) is 4.79 Å². The first kappa shape index (κ1) is 17.1. The summed E-state index contributed by atoms with van der Waals surface area (Å²) in [5.74, 6) is -0.640. The molecule has 0 fully saturated rings. The summed E-state index contributed by atoms with van der Waals surface area (Å²) >= 11 is 3.45. The minimum absolute atomic E-state index is 0.158. The molecule has 0 radical (unpaired) electrons. The van der Waals surface area contributed by atoms with Gasteiger partial charge in [0.25, 0.3) is 5.91 Å². The molecule has 0 unspecified atom stereocenters. The second-order valence-electron chi connectivity index (χ2n) is 4.87. The lowest BCUT2D eigenvalue weighted by Gasteiger charge is -2.15. The molecule has 0 saturated carbocycles. The van der Waals surface area contributed by atoms with Crippen LogP contribution in [0.15, 0.2) is 58.2 Å². The SMILES string of the molecule is C[C@H](NC(=O)CO/N=C\c1cccc(F)c1)c1ccccc1Br. The lowest BCUT2D eigenvalue weighted by molar-refractivity contribution is -0.126. The minimum atomic E-state index is -0.353. The Kier molecular flexibility index (Phi) is 6.29. The van der Waals surface area contributed by atoms with Crippen molar-refractivity contribution in [1.29, 1.82) is 0 Å². The van der Waals surface area contributed by atoms with E-state index in [-0.39, 0.29) is 24.4 Å². The van der Waals surface area contributed by atoms with Gasteiger partial charge in [-0.1, -0.05) is 51.4 Å². The van der Waals surface area contributed by atoms with Crippen molar-refractivity contribution in [3.63, 3.8) is 0 Å². The van der Waals surface area contributed by atoms with Gasteiger partial charge in [0.15, 0.2) is 6.61 Å². The highest BCUT2D eigenvalue weighted by Crippen LogP contribution is 2.22. The average molecular weight is 379 g/mol. The average Bonchev–Trinajstić information content (AvgIpc) is 2.52. The lowest BCUT2D eigenvalue weighted by atomic mass is 10.1. The molecule has 0 aromatic heterocycles. The summed E-state index contributed by atoms with van der Waals surface area (Å²) in [5, 5.41) is 6.48. The molecular formula is C17H16BrFN2O2. The Balaban J connectivity index is 1.80. The first-order chi connectivity index (χ1) is 11.1. The third-order valence-corrected chi connectivity index (χ3v) is 3.79. The van der Waals surface area contributed by atoms with Crippen molar-refractivity contribution in [2.75, 3.05) is 6.61 Å². The monoisotopic (exact) mass is 378 g/mol. The van der Waals surface area contributed by atoms with Gasteiger partial charge < -0.3 is 10.2 Å². The largest absolute Gasteiger partial charge is 0.386 e. The first-order valence-electron chi connectivity index (χ1n) is 7.01. The number of hydrogen-bond donors (Lipinski definition) is 1. The van der Waals surface area contributed by atoms with Crippen LogP contribution in [0.4, 0.5) is 4.39 Å². The Morgan fingerprint density at radius 2 is 2.13 bits per heavy atom. The number of rotatable bonds is 6. The van der Waals surface area contributed by atoms with Gasteiger partial charge in [0.1, 0.15) is 5.82 Å². The molecule has 0 aliphatic heterocycles. The summed E-state index contributed by atoms with van der Waals surface area (Å²) in [5.41, 5.74) is 1.54. The maximum absolute atomic E-state index is 13.0. The van der Waals surface area contributed by atoms with Gasteiger partial charge in [0.2, 0.25) is 0 Å². The summed E-state index contributed by atoms with van der Waals surface area (Å²) in [7, 11) is 0. The third-order valence-electron chi connectivity index (χ3n) is 3.07. The number of halogens is 2. The van der Waals surface area contributed by atoms with Crippen LogP contribution in [0, 0.1) is 5.82 Å². The summed E-state index contributed by atoms with van der Waals surface area (Å²) in [4.78, 5) is 16.7. The van der Waals surface area contributed by atoms with Crippen LogP contribution >= 0.6 is 15.9 Å². The van der Waals surface area contributed by atoms with Gasteiger partial charge in [-0.25, -0.2) is 4.39 Å². The van der Waals surface area contributed by atoms with E-state index in [2.05, 4.69) is 26.4 Å². The van der Waals surface area contributed by atoms with Gasteiger partial charge >= 0.3 is 0 Å². The van der Waals surface area contributed by atoms with Crippen molar-refractivity contribution in [3.8, 4) is 0 Å². The second kappa shape index (κ2) is 8.43. The number of amides is 1. The molecule has 2 aromatic carbocycles. The number of carbonyl (C=O) groups excluding carboxylic acids is 1. The van der Waals surface area contributed by atoms with Crippen molar-refractivity contribution in [1.82, 2.24) is 5.32 Å². The Labute approximate surface area is 142 Å². The van der Waals surface area contributed by atoms with Crippen molar-refractivity contribution >= 4 is 28.1 Å². The standard InChI is InChI=1S/C17H16BrFN2O2/c1-12(15-7-2-3-8-16(15)18)21-17(22)11-23-20-10-13-5-4-6-14(19)9-13/h2-10,12H,11H2,1H3,(H,21,22)/b20-10-/t12-/m0/s1. The summed E-state index contributed by atoms with van der Waals surface area (Å²) in [6.45, 7) is 1.68. The van der Waals surface area contributed by atoms with Crippen LogP contribution in [0.5, 0.6) is 0 Å². The maximum Gasteiger partial charge on any atom is 0.261 e. The number of oxime groups is 1. The molecular weight excluding hydrogens is 363 g/mol. The normalized spacial score (nSPS) is 12.1. The Morgan fingerprint density at radius 3 is 2.87 bits per heavy atom. The number of nitrogens with one attached hydrogen (secondary N) is 1. The highest BCUT2D eigenvalue weighted by atomic mass is 79.9. The van der Waals surface area contributed by atoms with Crippen LogP contribution in [-0.2, 0) is 9.63 Å². The molecule has 0 heterocycles. The predicted molar refractivity (Wildman–Crippen MR) is 90.6 cm³/mol. The molecule has 2 aromatic rings. The third kappa shape index (κ3) is 5.49. The van der Waals surface area contributed by atoms with E-state index >= 15 is 0 Å². The summed E-state index contributed by atoms with van der Waals surface area (Å²) < 4.78 is 13.9. The fraction of sp³-hybridized carbons (Fsp3) is 0.176. The fourth-order valence-electron chi connectivity index (χ4n) is 1.97. The fourth-order valence-corrected chi connectivity index (χ4v) is 2.60. The van der Waals surface area contributed by atoms with Crippen molar-refractivity contribution in [2.45, 2.75) is 13.0 Å². The second-order valence-corrected chi connectivity index (χ2v) is 5.73. The predicted octanol–water partition coefficient (Wildman–Crippen LogP) is 3.82. The highest BCUT2D eigenvalue weighted by molar-refractivity contribution is 9.10. The molecule has 0 saturated heterocycles. The van der Waals surface area contributed by atoms with E-state index in [0.29, 0.717) is 5.56 Å². The number of benzene rings is 2. The summed E-state index contributed by atoms with van der Waals surface area (Å²) in [6, 6.07) is 13.4. The van der Waals surface area contributed by atoms with E-state index in [4.69, 9.17) is 4.84 Å². The van der Waals surface area contributed by atoms with Gasteiger partial charge in [-0.15, -0.1) is 0 Å². The minimum Gasteiger partial charge on any atom is -0.386 e. The van der Waals surface area contributed by atoms with Crippen molar-refractivity contribution < 1.29 is 14.0 Å². The Morgan fingerprint density at radius 1 is 1.35 bits per heavy atom. The molecule has 0 aliphatic carbocycles. The maximum atomic E-state index is 13.0. The van der Waals surface area contributed by atoms with Gasteiger partial charge in [0, 0.05) is 4.47 Å².